The smallest absolute Gasteiger partial charge is 0.225 e. The summed E-state index contributed by atoms with van der Waals surface area (Å²) >= 11 is 1.83. The molecule has 2 aromatic carbocycles. The third-order valence-corrected chi connectivity index (χ3v) is 5.62. The highest BCUT2D eigenvalue weighted by Crippen LogP contribution is 2.31. The minimum absolute atomic E-state index is 0.0614. The Morgan fingerprint density at radius 3 is 2.75 bits per heavy atom. The molecule has 3 N–H and O–H groups in total. The Morgan fingerprint density at radius 1 is 1.18 bits per heavy atom. The molecule has 0 saturated carbocycles. The van der Waals surface area contributed by atoms with Gasteiger partial charge in [0, 0.05) is 41.8 Å². The summed E-state index contributed by atoms with van der Waals surface area (Å²) < 4.78 is 0. The average Bonchev–Trinajstić information content (AvgIpc) is 2.70. The van der Waals surface area contributed by atoms with Gasteiger partial charge in [0.15, 0.2) is 5.96 Å². The van der Waals surface area contributed by atoms with Gasteiger partial charge in [-0.05, 0) is 37.6 Å². The van der Waals surface area contributed by atoms with Crippen molar-refractivity contribution in [2.24, 2.45) is 4.99 Å². The standard InChI is InChI=1S/C22H28N4OS/c1-3-23-22(24-12-13-28-18-10-8-16(2)9-11-18)25-15-17-14-21(27)26-20-7-5-4-6-19(17)20/h4-11,17H,3,12-15H2,1-2H3,(H,26,27)(H2,23,24,25). The molecule has 28 heavy (non-hydrogen) atoms. The number of benzene rings is 2. The van der Waals surface area contributed by atoms with Crippen molar-refractivity contribution in [2.45, 2.75) is 31.1 Å². The topological polar surface area (TPSA) is 65.5 Å². The van der Waals surface area contributed by atoms with Gasteiger partial charge in [-0.3, -0.25) is 9.79 Å². The predicted octanol–water partition coefficient (Wildman–Crippen LogP) is 3.77. The number of nitrogens with one attached hydrogen (secondary N) is 3. The van der Waals surface area contributed by atoms with E-state index in [0.717, 1.165) is 36.1 Å². The monoisotopic (exact) mass is 396 g/mol. The van der Waals surface area contributed by atoms with Gasteiger partial charge in [-0.2, -0.15) is 0 Å². The second kappa shape index (κ2) is 10.2. The normalized spacial score (nSPS) is 16.3. The fraction of sp³-hybridized carbons (Fsp3) is 0.364. The maximum Gasteiger partial charge on any atom is 0.225 e. The molecule has 0 bridgehead atoms. The molecule has 6 heteroatoms. The lowest BCUT2D eigenvalue weighted by Crippen LogP contribution is -2.39. The lowest BCUT2D eigenvalue weighted by molar-refractivity contribution is -0.116. The SMILES string of the molecule is CCNC(=NCC1CC(=O)Nc2ccccc21)NCCSc1ccc(C)cc1. The largest absolute Gasteiger partial charge is 0.357 e. The predicted molar refractivity (Wildman–Crippen MR) is 118 cm³/mol. The number of anilines is 1. The number of para-hydroxylation sites is 1. The van der Waals surface area contributed by atoms with Crippen molar-refractivity contribution in [2.75, 3.05) is 30.7 Å². The minimum atomic E-state index is 0.0614. The number of aryl methyl sites for hydroxylation is 1. The van der Waals surface area contributed by atoms with Crippen LogP contribution in [0.3, 0.4) is 0 Å². The maximum absolute atomic E-state index is 12.0. The summed E-state index contributed by atoms with van der Waals surface area (Å²) in [6.45, 7) is 6.38. The van der Waals surface area contributed by atoms with Crippen LogP contribution in [0, 0.1) is 6.92 Å². The summed E-state index contributed by atoms with van der Waals surface area (Å²) in [6, 6.07) is 16.6. The van der Waals surface area contributed by atoms with Gasteiger partial charge in [-0.1, -0.05) is 35.9 Å². The number of rotatable bonds is 7. The Kier molecular flexibility index (Phi) is 7.37. The first kappa shape index (κ1) is 20.3. The first-order valence-electron chi connectivity index (χ1n) is 9.76. The molecule has 1 heterocycles. The van der Waals surface area contributed by atoms with Crippen LogP contribution in [0.5, 0.6) is 0 Å². The van der Waals surface area contributed by atoms with E-state index in [1.807, 2.05) is 30.0 Å². The van der Waals surface area contributed by atoms with E-state index in [0.29, 0.717) is 13.0 Å². The maximum atomic E-state index is 12.0. The summed E-state index contributed by atoms with van der Waals surface area (Å²) in [5, 5.41) is 9.63. The molecule has 0 saturated heterocycles. The van der Waals surface area contributed by atoms with Crippen molar-refractivity contribution in [3.8, 4) is 0 Å². The van der Waals surface area contributed by atoms with E-state index in [2.05, 4.69) is 60.1 Å². The van der Waals surface area contributed by atoms with Crippen molar-refractivity contribution < 1.29 is 4.79 Å². The van der Waals surface area contributed by atoms with Gasteiger partial charge in [0.1, 0.15) is 0 Å². The molecule has 1 amide bonds. The molecule has 0 aromatic heterocycles. The first-order valence-corrected chi connectivity index (χ1v) is 10.7. The highest BCUT2D eigenvalue weighted by molar-refractivity contribution is 7.99. The van der Waals surface area contributed by atoms with Crippen LogP contribution in [0.4, 0.5) is 5.69 Å². The number of hydrogen-bond acceptors (Lipinski definition) is 3. The molecule has 1 atom stereocenters. The van der Waals surface area contributed by atoms with Crippen molar-refractivity contribution in [1.82, 2.24) is 10.6 Å². The molecular formula is C22H28N4OS. The highest BCUT2D eigenvalue weighted by atomic mass is 32.2. The van der Waals surface area contributed by atoms with E-state index >= 15 is 0 Å². The van der Waals surface area contributed by atoms with Crippen LogP contribution in [-0.4, -0.2) is 37.3 Å². The lowest BCUT2D eigenvalue weighted by atomic mass is 9.91. The molecule has 0 aliphatic carbocycles. The Bertz CT molecular complexity index is 820. The summed E-state index contributed by atoms with van der Waals surface area (Å²) in [4.78, 5) is 18.0. The number of hydrogen-bond donors (Lipinski definition) is 3. The molecule has 0 fully saturated rings. The summed E-state index contributed by atoms with van der Waals surface area (Å²) in [7, 11) is 0. The average molecular weight is 397 g/mol. The fourth-order valence-corrected chi connectivity index (χ4v) is 3.95. The molecule has 148 valence electrons. The van der Waals surface area contributed by atoms with E-state index < -0.39 is 0 Å². The van der Waals surface area contributed by atoms with Gasteiger partial charge in [0.05, 0.1) is 6.54 Å². The lowest BCUT2D eigenvalue weighted by Gasteiger charge is -2.24. The van der Waals surface area contributed by atoms with Crippen LogP contribution in [0.25, 0.3) is 0 Å². The van der Waals surface area contributed by atoms with Crippen LogP contribution >= 0.6 is 11.8 Å². The third-order valence-electron chi connectivity index (χ3n) is 4.60. The number of carbonyl (C=O) groups is 1. The van der Waals surface area contributed by atoms with Gasteiger partial charge < -0.3 is 16.0 Å². The third kappa shape index (κ3) is 5.76. The van der Waals surface area contributed by atoms with Crippen LogP contribution < -0.4 is 16.0 Å². The number of aliphatic imine (C=N–C) groups is 1. The Labute approximate surface area is 171 Å². The molecular weight excluding hydrogens is 368 g/mol. The second-order valence-corrected chi connectivity index (χ2v) is 8.01. The zero-order valence-electron chi connectivity index (χ0n) is 16.5. The molecule has 0 radical (unpaired) electrons. The summed E-state index contributed by atoms with van der Waals surface area (Å²) in [5.74, 6) is 1.94. The van der Waals surface area contributed by atoms with E-state index in [1.165, 1.54) is 10.5 Å². The fourth-order valence-electron chi connectivity index (χ4n) is 3.18. The molecule has 1 aliphatic rings. The zero-order valence-corrected chi connectivity index (χ0v) is 17.3. The van der Waals surface area contributed by atoms with E-state index in [1.54, 1.807) is 0 Å². The van der Waals surface area contributed by atoms with Crippen LogP contribution in [0.2, 0.25) is 0 Å². The van der Waals surface area contributed by atoms with Gasteiger partial charge in [0.2, 0.25) is 5.91 Å². The summed E-state index contributed by atoms with van der Waals surface area (Å²) in [5.41, 5.74) is 3.35. The Hall–Kier alpha value is -2.47. The highest BCUT2D eigenvalue weighted by Gasteiger charge is 2.24. The van der Waals surface area contributed by atoms with Gasteiger partial charge >= 0.3 is 0 Å². The van der Waals surface area contributed by atoms with E-state index in [9.17, 15) is 4.79 Å². The van der Waals surface area contributed by atoms with Crippen molar-refractivity contribution in [3.05, 3.63) is 59.7 Å². The van der Waals surface area contributed by atoms with Gasteiger partial charge in [-0.25, -0.2) is 0 Å². The first-order chi connectivity index (χ1) is 13.7. The van der Waals surface area contributed by atoms with E-state index in [4.69, 9.17) is 4.99 Å². The molecule has 2 aromatic rings. The molecule has 3 rings (SSSR count). The molecule has 1 aliphatic heterocycles. The molecule has 0 spiro atoms. The number of carbonyl (C=O) groups excluding carboxylic acids is 1. The Morgan fingerprint density at radius 2 is 1.96 bits per heavy atom. The minimum Gasteiger partial charge on any atom is -0.357 e. The van der Waals surface area contributed by atoms with E-state index in [-0.39, 0.29) is 11.8 Å². The number of guanidine groups is 1. The zero-order chi connectivity index (χ0) is 19.8. The Balaban J connectivity index is 1.54. The van der Waals surface area contributed by atoms with Crippen LogP contribution in [-0.2, 0) is 4.79 Å². The molecule has 1 unspecified atom stereocenters. The quantitative estimate of drug-likeness (QED) is 0.288. The number of thioether (sulfide) groups is 1. The second-order valence-electron chi connectivity index (χ2n) is 6.84. The van der Waals surface area contributed by atoms with Crippen molar-refractivity contribution >= 4 is 29.3 Å². The van der Waals surface area contributed by atoms with Crippen molar-refractivity contribution in [1.29, 1.82) is 0 Å². The number of amides is 1. The number of fused-ring (bicyclic) bond motifs is 1. The van der Waals surface area contributed by atoms with Gasteiger partial charge in [0.25, 0.3) is 0 Å². The van der Waals surface area contributed by atoms with Gasteiger partial charge in [-0.15, -0.1) is 11.8 Å². The number of nitrogens with zero attached hydrogens (tertiary/aromatic N) is 1. The summed E-state index contributed by atoms with van der Waals surface area (Å²) in [6.07, 6.45) is 0.475. The van der Waals surface area contributed by atoms with Crippen LogP contribution in [0.1, 0.15) is 30.4 Å². The van der Waals surface area contributed by atoms with Crippen molar-refractivity contribution in [3.63, 3.8) is 0 Å². The van der Waals surface area contributed by atoms with Crippen LogP contribution in [0.15, 0.2) is 58.4 Å². The molecule has 5 nitrogen and oxygen atoms in total.